The van der Waals surface area contributed by atoms with E-state index in [1.807, 2.05) is 90.0 Å². The molecule has 7 heteroatoms. The highest BCUT2D eigenvalue weighted by Gasteiger charge is 2.21. The molecule has 0 aliphatic carbocycles. The molecule has 0 unspecified atom stereocenters. The number of hydrogen-bond acceptors (Lipinski definition) is 5. The molecule has 4 aromatic rings. The minimum Gasteiger partial charge on any atom is -0.469 e. The molecule has 0 saturated carbocycles. The zero-order valence-electron chi connectivity index (χ0n) is 17.6. The summed E-state index contributed by atoms with van der Waals surface area (Å²) in [6.07, 6.45) is 1.65. The summed E-state index contributed by atoms with van der Waals surface area (Å²) >= 11 is 1.40. The minimum absolute atomic E-state index is 0.0695. The van der Waals surface area contributed by atoms with Gasteiger partial charge in [0.05, 0.1) is 17.6 Å². The van der Waals surface area contributed by atoms with Crippen molar-refractivity contribution in [2.45, 2.75) is 25.5 Å². The van der Waals surface area contributed by atoms with Crippen LogP contribution in [0.1, 0.15) is 18.2 Å². The fourth-order valence-electron chi connectivity index (χ4n) is 3.36. The normalized spacial score (nSPS) is 10.9. The number of nitrogens with zero attached hydrogens (tertiary/aromatic N) is 4. The summed E-state index contributed by atoms with van der Waals surface area (Å²) in [5.74, 6) is 1.83. The number of thioether (sulfide) groups is 1. The molecular formula is C24H24N4O2S. The van der Waals surface area contributed by atoms with E-state index in [-0.39, 0.29) is 11.7 Å². The molecule has 0 aliphatic heterocycles. The molecule has 0 atom stereocenters. The van der Waals surface area contributed by atoms with Crippen molar-refractivity contribution in [3.8, 4) is 17.1 Å². The van der Waals surface area contributed by atoms with E-state index in [2.05, 4.69) is 10.2 Å². The number of carbonyl (C=O) groups excluding carboxylic acids is 1. The summed E-state index contributed by atoms with van der Waals surface area (Å²) in [5.41, 5.74) is 2.94. The molecule has 2 aromatic carbocycles. The molecule has 0 saturated heterocycles. The molecule has 6 nitrogen and oxygen atoms in total. The first kappa shape index (κ1) is 20.9. The van der Waals surface area contributed by atoms with Crippen LogP contribution in [0, 0.1) is 6.92 Å². The van der Waals surface area contributed by atoms with Gasteiger partial charge >= 0.3 is 0 Å². The quantitative estimate of drug-likeness (QED) is 0.368. The number of rotatable bonds is 8. The topological polar surface area (TPSA) is 64.2 Å². The van der Waals surface area contributed by atoms with E-state index >= 15 is 0 Å². The Morgan fingerprint density at radius 1 is 1.03 bits per heavy atom. The minimum atomic E-state index is 0.0695. The summed E-state index contributed by atoms with van der Waals surface area (Å²) in [7, 11) is 0. The summed E-state index contributed by atoms with van der Waals surface area (Å²) in [4.78, 5) is 14.8. The Hall–Kier alpha value is -3.32. The zero-order valence-corrected chi connectivity index (χ0v) is 18.4. The molecule has 2 heterocycles. The maximum absolute atomic E-state index is 12.9. The molecular weight excluding hydrogens is 408 g/mol. The predicted molar refractivity (Wildman–Crippen MR) is 122 cm³/mol. The average Bonchev–Trinajstić information content (AvgIpc) is 3.42. The molecule has 4 rings (SSSR count). The van der Waals surface area contributed by atoms with Crippen molar-refractivity contribution in [1.29, 1.82) is 0 Å². The van der Waals surface area contributed by atoms with Gasteiger partial charge in [-0.1, -0.05) is 60.3 Å². The van der Waals surface area contributed by atoms with Gasteiger partial charge < -0.3 is 9.32 Å². The number of aryl methyl sites for hydroxylation is 1. The van der Waals surface area contributed by atoms with Crippen molar-refractivity contribution < 1.29 is 9.21 Å². The third-order valence-corrected chi connectivity index (χ3v) is 5.94. The lowest BCUT2D eigenvalue weighted by atomic mass is 10.2. The van der Waals surface area contributed by atoms with Crippen molar-refractivity contribution in [3.05, 3.63) is 84.3 Å². The van der Waals surface area contributed by atoms with Crippen LogP contribution in [0.2, 0.25) is 0 Å². The van der Waals surface area contributed by atoms with Gasteiger partial charge in [-0.3, -0.25) is 9.36 Å². The fourth-order valence-corrected chi connectivity index (χ4v) is 4.22. The van der Waals surface area contributed by atoms with Crippen molar-refractivity contribution in [2.24, 2.45) is 0 Å². The highest BCUT2D eigenvalue weighted by molar-refractivity contribution is 7.99. The molecule has 0 radical (unpaired) electrons. The standard InChI is InChI=1S/C24H24N4O2S/c1-3-27(16-19-10-6-4-7-11-19)22(29)17-31-24-26-25-23(21-14-15-30-18(21)2)28(24)20-12-8-5-9-13-20/h4-15H,3,16-17H2,1-2H3. The number of amides is 1. The van der Waals surface area contributed by atoms with E-state index in [0.717, 1.165) is 22.6 Å². The first-order valence-electron chi connectivity index (χ1n) is 10.2. The summed E-state index contributed by atoms with van der Waals surface area (Å²) in [6.45, 7) is 5.15. The lowest BCUT2D eigenvalue weighted by Gasteiger charge is -2.21. The summed E-state index contributed by atoms with van der Waals surface area (Å²) in [5, 5.41) is 9.48. The Kier molecular flexibility index (Phi) is 6.52. The van der Waals surface area contributed by atoms with Crippen LogP contribution in [0.5, 0.6) is 0 Å². The van der Waals surface area contributed by atoms with Crippen LogP contribution >= 0.6 is 11.8 Å². The van der Waals surface area contributed by atoms with Crippen LogP contribution in [0.15, 0.2) is 82.6 Å². The average molecular weight is 433 g/mol. The lowest BCUT2D eigenvalue weighted by molar-refractivity contribution is -0.128. The maximum atomic E-state index is 12.9. The van der Waals surface area contributed by atoms with Crippen LogP contribution in [-0.2, 0) is 11.3 Å². The Morgan fingerprint density at radius 2 is 1.74 bits per heavy atom. The van der Waals surface area contributed by atoms with Gasteiger partial charge in [0.2, 0.25) is 5.91 Å². The van der Waals surface area contributed by atoms with Gasteiger partial charge in [-0.15, -0.1) is 10.2 Å². The van der Waals surface area contributed by atoms with Crippen molar-refractivity contribution in [2.75, 3.05) is 12.3 Å². The van der Waals surface area contributed by atoms with Crippen LogP contribution < -0.4 is 0 Å². The van der Waals surface area contributed by atoms with Gasteiger partial charge in [0, 0.05) is 18.8 Å². The van der Waals surface area contributed by atoms with Crippen molar-refractivity contribution >= 4 is 17.7 Å². The van der Waals surface area contributed by atoms with Gasteiger partial charge in [-0.2, -0.15) is 0 Å². The third-order valence-electron chi connectivity index (χ3n) is 5.02. The Morgan fingerprint density at radius 3 is 2.39 bits per heavy atom. The van der Waals surface area contributed by atoms with E-state index in [4.69, 9.17) is 4.42 Å². The second-order valence-corrected chi connectivity index (χ2v) is 7.99. The lowest BCUT2D eigenvalue weighted by Crippen LogP contribution is -2.31. The molecule has 0 spiro atoms. The molecule has 0 aliphatic rings. The first-order chi connectivity index (χ1) is 15.2. The highest BCUT2D eigenvalue weighted by Crippen LogP contribution is 2.30. The number of aromatic nitrogens is 3. The van der Waals surface area contributed by atoms with E-state index in [1.54, 1.807) is 6.26 Å². The second kappa shape index (κ2) is 9.66. The fraction of sp³-hybridized carbons (Fsp3) is 0.208. The Balaban J connectivity index is 1.56. The van der Waals surface area contributed by atoms with E-state index < -0.39 is 0 Å². The second-order valence-electron chi connectivity index (χ2n) is 7.05. The molecule has 158 valence electrons. The van der Waals surface area contributed by atoms with Gasteiger partial charge in [-0.05, 0) is 37.6 Å². The monoisotopic (exact) mass is 432 g/mol. The first-order valence-corrected chi connectivity index (χ1v) is 11.2. The van der Waals surface area contributed by atoms with Gasteiger partial charge in [0.25, 0.3) is 0 Å². The summed E-state index contributed by atoms with van der Waals surface area (Å²) in [6, 6.07) is 21.8. The SMILES string of the molecule is CCN(Cc1ccccc1)C(=O)CSc1nnc(-c2ccoc2C)n1-c1ccccc1. The number of hydrogen-bond donors (Lipinski definition) is 0. The molecule has 0 N–H and O–H groups in total. The van der Waals surface area contributed by atoms with E-state index in [1.165, 1.54) is 11.8 Å². The molecule has 0 fully saturated rings. The highest BCUT2D eigenvalue weighted by atomic mass is 32.2. The zero-order chi connectivity index (χ0) is 21.6. The van der Waals surface area contributed by atoms with Crippen molar-refractivity contribution in [3.63, 3.8) is 0 Å². The molecule has 2 aromatic heterocycles. The third kappa shape index (κ3) is 4.72. The van der Waals surface area contributed by atoms with Crippen LogP contribution in [0.25, 0.3) is 17.1 Å². The van der Waals surface area contributed by atoms with Crippen molar-refractivity contribution in [1.82, 2.24) is 19.7 Å². The molecule has 1 amide bonds. The number of benzene rings is 2. The number of para-hydroxylation sites is 1. The predicted octanol–water partition coefficient (Wildman–Crippen LogP) is 4.98. The van der Waals surface area contributed by atoms with Gasteiger partial charge in [-0.25, -0.2) is 0 Å². The number of furan rings is 1. The Bertz CT molecular complexity index is 1140. The van der Waals surface area contributed by atoms with Crippen LogP contribution in [0.3, 0.4) is 0 Å². The Labute approximate surface area is 185 Å². The molecule has 31 heavy (non-hydrogen) atoms. The van der Waals surface area contributed by atoms with Gasteiger partial charge in [0.1, 0.15) is 5.76 Å². The van der Waals surface area contributed by atoms with Gasteiger partial charge in [0.15, 0.2) is 11.0 Å². The van der Waals surface area contributed by atoms with Crippen LogP contribution in [0.4, 0.5) is 0 Å². The summed E-state index contributed by atoms with van der Waals surface area (Å²) < 4.78 is 7.45. The van der Waals surface area contributed by atoms with E-state index in [9.17, 15) is 4.79 Å². The largest absolute Gasteiger partial charge is 0.469 e. The number of carbonyl (C=O) groups is 1. The maximum Gasteiger partial charge on any atom is 0.233 e. The smallest absolute Gasteiger partial charge is 0.233 e. The molecule has 0 bridgehead atoms. The van der Waals surface area contributed by atoms with E-state index in [0.29, 0.717) is 24.1 Å². The van der Waals surface area contributed by atoms with Crippen LogP contribution in [-0.4, -0.2) is 37.9 Å².